The van der Waals surface area contributed by atoms with Crippen molar-refractivity contribution in [3.8, 4) is 11.5 Å². The molecule has 130 valence electrons. The molecule has 0 saturated carbocycles. The van der Waals surface area contributed by atoms with Crippen LogP contribution in [0.2, 0.25) is 0 Å². The Balaban J connectivity index is 2.03. The van der Waals surface area contributed by atoms with Crippen LogP contribution < -0.4 is 14.8 Å². The van der Waals surface area contributed by atoms with Gasteiger partial charge in [0.2, 0.25) is 0 Å². The van der Waals surface area contributed by atoms with Crippen LogP contribution in [0.25, 0.3) is 0 Å². The van der Waals surface area contributed by atoms with Gasteiger partial charge in [-0.05, 0) is 44.0 Å². The second-order valence-electron chi connectivity index (χ2n) is 6.66. The van der Waals surface area contributed by atoms with Crippen molar-refractivity contribution in [3.63, 3.8) is 0 Å². The largest absolute Gasteiger partial charge is 0.493 e. The second-order valence-corrected chi connectivity index (χ2v) is 6.66. The van der Waals surface area contributed by atoms with Gasteiger partial charge in [0, 0.05) is 12.1 Å². The summed E-state index contributed by atoms with van der Waals surface area (Å²) in [6.07, 6.45) is 0. The van der Waals surface area contributed by atoms with E-state index in [0.717, 1.165) is 16.9 Å². The van der Waals surface area contributed by atoms with Gasteiger partial charge in [0.05, 0.1) is 13.7 Å². The zero-order valence-electron chi connectivity index (χ0n) is 14.9. The number of aliphatic hydroxyl groups excluding tert-OH is 1. The first kappa shape index (κ1) is 18.3. The fourth-order valence-corrected chi connectivity index (χ4v) is 2.30. The zero-order valence-corrected chi connectivity index (χ0v) is 14.9. The smallest absolute Gasteiger partial charge is 0.161 e. The summed E-state index contributed by atoms with van der Waals surface area (Å²) in [5.41, 5.74) is 3.12. The van der Waals surface area contributed by atoms with Gasteiger partial charge >= 0.3 is 0 Å². The first-order valence-corrected chi connectivity index (χ1v) is 8.15. The molecule has 0 fully saturated rings. The lowest BCUT2D eigenvalue weighted by molar-refractivity contribution is 0.187. The molecule has 0 bridgehead atoms. The number of hydrogen-bond donors (Lipinski definition) is 2. The predicted molar refractivity (Wildman–Crippen MR) is 96.5 cm³/mol. The number of benzene rings is 2. The molecule has 0 spiro atoms. The first-order valence-electron chi connectivity index (χ1n) is 8.15. The number of hydrogen-bond acceptors (Lipinski definition) is 4. The molecule has 0 saturated heterocycles. The Bertz CT molecular complexity index is 668. The maximum Gasteiger partial charge on any atom is 0.161 e. The van der Waals surface area contributed by atoms with Crippen LogP contribution in [0.15, 0.2) is 42.5 Å². The number of nitrogens with one attached hydrogen (secondary N) is 1. The molecule has 0 aliphatic heterocycles. The van der Waals surface area contributed by atoms with Crippen LogP contribution in [-0.2, 0) is 13.2 Å². The quantitative estimate of drug-likeness (QED) is 0.779. The van der Waals surface area contributed by atoms with E-state index in [1.54, 1.807) is 7.11 Å². The maximum atomic E-state index is 9.31. The van der Waals surface area contributed by atoms with Crippen molar-refractivity contribution >= 4 is 0 Å². The standard InChI is InChI=1S/C20H27NO3/c1-15-6-5-7-17(10-15)13-24-18-9-8-16(11-19(18)23-4)12-21-20(2,3)14-22/h5-11,21-22H,12-14H2,1-4H3. The van der Waals surface area contributed by atoms with Gasteiger partial charge in [-0.25, -0.2) is 0 Å². The van der Waals surface area contributed by atoms with Crippen LogP contribution in [0, 0.1) is 6.92 Å². The van der Waals surface area contributed by atoms with E-state index in [1.165, 1.54) is 5.56 Å². The molecule has 2 N–H and O–H groups in total. The summed E-state index contributed by atoms with van der Waals surface area (Å²) in [7, 11) is 1.64. The first-order chi connectivity index (χ1) is 11.4. The van der Waals surface area contributed by atoms with Gasteiger partial charge in [-0.1, -0.05) is 35.9 Å². The van der Waals surface area contributed by atoms with E-state index in [9.17, 15) is 5.11 Å². The third-order valence-electron chi connectivity index (χ3n) is 3.87. The number of ether oxygens (including phenoxy) is 2. The molecule has 2 aromatic carbocycles. The lowest BCUT2D eigenvalue weighted by Gasteiger charge is -2.23. The van der Waals surface area contributed by atoms with Crippen LogP contribution in [0.3, 0.4) is 0 Å². The van der Waals surface area contributed by atoms with Gasteiger partial charge in [0.15, 0.2) is 11.5 Å². The Hall–Kier alpha value is -2.04. The summed E-state index contributed by atoms with van der Waals surface area (Å²) in [5, 5.41) is 12.6. The molecule has 0 unspecified atom stereocenters. The van der Waals surface area contributed by atoms with E-state index < -0.39 is 0 Å². The van der Waals surface area contributed by atoms with Crippen LogP contribution in [0.1, 0.15) is 30.5 Å². The molecule has 2 rings (SSSR count). The number of aryl methyl sites for hydroxylation is 1. The molecule has 0 aromatic heterocycles. The Labute approximate surface area is 144 Å². The average molecular weight is 329 g/mol. The fourth-order valence-electron chi connectivity index (χ4n) is 2.30. The van der Waals surface area contributed by atoms with Crippen molar-refractivity contribution < 1.29 is 14.6 Å². The van der Waals surface area contributed by atoms with Gasteiger partial charge < -0.3 is 19.9 Å². The van der Waals surface area contributed by atoms with Crippen molar-refractivity contribution in [2.24, 2.45) is 0 Å². The molecule has 0 atom stereocenters. The van der Waals surface area contributed by atoms with Crippen molar-refractivity contribution in [3.05, 3.63) is 59.2 Å². The van der Waals surface area contributed by atoms with E-state index in [4.69, 9.17) is 9.47 Å². The topological polar surface area (TPSA) is 50.7 Å². The van der Waals surface area contributed by atoms with E-state index in [-0.39, 0.29) is 12.1 Å². The number of rotatable bonds is 8. The summed E-state index contributed by atoms with van der Waals surface area (Å²) < 4.78 is 11.4. The summed E-state index contributed by atoms with van der Waals surface area (Å²) in [5.74, 6) is 1.44. The van der Waals surface area contributed by atoms with Gasteiger partial charge in [-0.15, -0.1) is 0 Å². The number of aliphatic hydroxyl groups is 1. The molecular weight excluding hydrogens is 302 g/mol. The molecule has 0 aliphatic rings. The highest BCUT2D eigenvalue weighted by atomic mass is 16.5. The molecule has 4 heteroatoms. The zero-order chi connectivity index (χ0) is 17.6. The minimum atomic E-state index is -0.312. The average Bonchev–Trinajstić information content (AvgIpc) is 2.58. The molecule has 0 radical (unpaired) electrons. The molecule has 2 aromatic rings. The van der Waals surface area contributed by atoms with Crippen molar-refractivity contribution in [2.75, 3.05) is 13.7 Å². The fraction of sp³-hybridized carbons (Fsp3) is 0.400. The Kier molecular flexibility index (Phi) is 6.23. The Morgan fingerprint density at radius 2 is 1.83 bits per heavy atom. The molecular formula is C20H27NO3. The maximum absolute atomic E-state index is 9.31. The van der Waals surface area contributed by atoms with Crippen molar-refractivity contribution in [2.45, 2.75) is 39.5 Å². The monoisotopic (exact) mass is 329 g/mol. The lowest BCUT2D eigenvalue weighted by Crippen LogP contribution is -2.42. The highest BCUT2D eigenvalue weighted by Crippen LogP contribution is 2.29. The molecule has 0 amide bonds. The minimum Gasteiger partial charge on any atom is -0.493 e. The second kappa shape index (κ2) is 8.18. The van der Waals surface area contributed by atoms with Crippen LogP contribution >= 0.6 is 0 Å². The third kappa shape index (κ3) is 5.25. The predicted octanol–water partition coefficient (Wildman–Crippen LogP) is 3.44. The van der Waals surface area contributed by atoms with Crippen LogP contribution in [0.4, 0.5) is 0 Å². The lowest BCUT2D eigenvalue weighted by atomic mass is 10.1. The van der Waals surface area contributed by atoms with Crippen LogP contribution in [0.5, 0.6) is 11.5 Å². The van der Waals surface area contributed by atoms with Crippen molar-refractivity contribution in [1.29, 1.82) is 0 Å². The minimum absolute atomic E-state index is 0.0851. The van der Waals surface area contributed by atoms with Gasteiger partial charge in [0.25, 0.3) is 0 Å². The molecule has 0 heterocycles. The van der Waals surface area contributed by atoms with Crippen LogP contribution in [-0.4, -0.2) is 24.4 Å². The summed E-state index contributed by atoms with van der Waals surface area (Å²) in [4.78, 5) is 0. The Morgan fingerprint density at radius 3 is 2.50 bits per heavy atom. The van der Waals surface area contributed by atoms with E-state index in [1.807, 2.05) is 38.1 Å². The summed E-state index contributed by atoms with van der Waals surface area (Å²) in [6, 6.07) is 14.2. The van der Waals surface area contributed by atoms with Crippen molar-refractivity contribution in [1.82, 2.24) is 5.32 Å². The molecule has 4 nitrogen and oxygen atoms in total. The molecule has 24 heavy (non-hydrogen) atoms. The third-order valence-corrected chi connectivity index (χ3v) is 3.87. The van der Waals surface area contributed by atoms with Gasteiger partial charge in [-0.2, -0.15) is 0 Å². The number of methoxy groups -OCH3 is 1. The van der Waals surface area contributed by atoms with Gasteiger partial charge in [0.1, 0.15) is 6.61 Å². The Morgan fingerprint density at radius 1 is 1.04 bits per heavy atom. The van der Waals surface area contributed by atoms with E-state index in [0.29, 0.717) is 18.9 Å². The molecule has 0 aliphatic carbocycles. The highest BCUT2D eigenvalue weighted by molar-refractivity contribution is 5.43. The van der Waals surface area contributed by atoms with E-state index in [2.05, 4.69) is 30.4 Å². The van der Waals surface area contributed by atoms with Gasteiger partial charge in [-0.3, -0.25) is 0 Å². The normalized spacial score (nSPS) is 11.4. The van der Waals surface area contributed by atoms with E-state index >= 15 is 0 Å². The SMILES string of the molecule is COc1cc(CNC(C)(C)CO)ccc1OCc1cccc(C)c1. The summed E-state index contributed by atoms with van der Waals surface area (Å²) in [6.45, 7) is 7.24. The highest BCUT2D eigenvalue weighted by Gasteiger charge is 2.15. The summed E-state index contributed by atoms with van der Waals surface area (Å²) >= 11 is 0.